The zero-order chi connectivity index (χ0) is 17.9. The third-order valence-corrected chi connectivity index (χ3v) is 5.53. The van der Waals surface area contributed by atoms with Crippen molar-refractivity contribution < 1.29 is 4.79 Å². The van der Waals surface area contributed by atoms with Gasteiger partial charge in [0.15, 0.2) is 11.0 Å². The van der Waals surface area contributed by atoms with Gasteiger partial charge in [0.2, 0.25) is 5.91 Å². The van der Waals surface area contributed by atoms with Crippen LogP contribution in [-0.4, -0.2) is 38.0 Å². The third kappa shape index (κ3) is 3.49. The molecular weight excluding hydrogens is 346 g/mol. The number of carbonyl (C=O) groups excluding carboxylic acids is 1. The van der Waals surface area contributed by atoms with E-state index in [4.69, 9.17) is 0 Å². The van der Waals surface area contributed by atoms with Gasteiger partial charge in [0, 0.05) is 35.2 Å². The van der Waals surface area contributed by atoms with Gasteiger partial charge >= 0.3 is 0 Å². The van der Waals surface area contributed by atoms with Crippen LogP contribution in [0.5, 0.6) is 0 Å². The van der Waals surface area contributed by atoms with Crippen LogP contribution in [0.4, 0.5) is 0 Å². The summed E-state index contributed by atoms with van der Waals surface area (Å²) < 4.78 is 2.21. The summed E-state index contributed by atoms with van der Waals surface area (Å²) in [5.74, 6) is 1.32. The zero-order valence-electron chi connectivity index (χ0n) is 14.9. The van der Waals surface area contributed by atoms with Crippen LogP contribution in [0.15, 0.2) is 35.6 Å². The summed E-state index contributed by atoms with van der Waals surface area (Å²) in [6, 6.07) is 8.66. The molecule has 6 nitrogen and oxygen atoms in total. The summed E-state index contributed by atoms with van der Waals surface area (Å²) in [6.45, 7) is 2.86. The molecule has 0 spiro atoms. The Labute approximate surface area is 156 Å². The highest BCUT2D eigenvalue weighted by atomic mass is 32.2. The molecule has 0 saturated heterocycles. The minimum absolute atomic E-state index is 0.0578. The lowest BCUT2D eigenvalue weighted by molar-refractivity contribution is -0.118. The highest BCUT2D eigenvalue weighted by Gasteiger charge is 2.31. The first-order chi connectivity index (χ1) is 12.8. The molecule has 1 aliphatic carbocycles. The third-order valence-electron chi connectivity index (χ3n) is 4.59. The van der Waals surface area contributed by atoms with Crippen LogP contribution in [-0.2, 0) is 4.79 Å². The molecule has 1 saturated carbocycles. The van der Waals surface area contributed by atoms with E-state index < -0.39 is 0 Å². The first-order valence-electron chi connectivity index (χ1n) is 9.18. The van der Waals surface area contributed by atoms with Crippen molar-refractivity contribution in [2.24, 2.45) is 0 Å². The summed E-state index contributed by atoms with van der Waals surface area (Å²) in [5.41, 5.74) is 2.16. The molecule has 2 N–H and O–H groups in total. The van der Waals surface area contributed by atoms with Crippen molar-refractivity contribution in [3.05, 3.63) is 30.5 Å². The van der Waals surface area contributed by atoms with Gasteiger partial charge in [-0.2, -0.15) is 0 Å². The molecule has 1 aromatic carbocycles. The van der Waals surface area contributed by atoms with Crippen molar-refractivity contribution in [3.8, 4) is 11.4 Å². The highest BCUT2D eigenvalue weighted by molar-refractivity contribution is 7.99. The van der Waals surface area contributed by atoms with E-state index in [1.807, 2.05) is 18.3 Å². The largest absolute Gasteiger partial charge is 0.360 e. The Balaban J connectivity index is 1.55. The standard InChI is InChI=1S/C19H23N5OS/c1-2-3-10-20-17(25)12-26-19-23-22-18(24(19)13-8-9-13)15-11-21-16-7-5-4-6-14(15)16/h4-7,11,13,21H,2-3,8-10,12H2,1H3,(H,20,25). The monoisotopic (exact) mass is 369 g/mol. The number of fused-ring (bicyclic) bond motifs is 1. The Hall–Kier alpha value is -2.28. The number of carbonyl (C=O) groups is 1. The van der Waals surface area contributed by atoms with Crippen LogP contribution < -0.4 is 5.32 Å². The fourth-order valence-corrected chi connectivity index (χ4v) is 3.90. The topological polar surface area (TPSA) is 75.6 Å². The second kappa shape index (κ2) is 7.53. The predicted octanol–water partition coefficient (Wildman–Crippen LogP) is 3.77. The van der Waals surface area contributed by atoms with Crippen molar-refractivity contribution in [3.63, 3.8) is 0 Å². The Kier molecular flexibility index (Phi) is 4.97. The molecule has 0 bridgehead atoms. The molecule has 7 heteroatoms. The number of nitrogens with zero attached hydrogens (tertiary/aromatic N) is 3. The minimum Gasteiger partial charge on any atom is -0.360 e. The average molecular weight is 369 g/mol. The molecule has 1 fully saturated rings. The highest BCUT2D eigenvalue weighted by Crippen LogP contribution is 2.42. The Morgan fingerprint density at radius 1 is 1.35 bits per heavy atom. The van der Waals surface area contributed by atoms with Crippen LogP contribution in [0.2, 0.25) is 0 Å². The molecule has 136 valence electrons. The number of unbranched alkanes of at least 4 members (excludes halogenated alkanes) is 1. The number of amides is 1. The first kappa shape index (κ1) is 17.1. The molecular formula is C19H23N5OS. The average Bonchev–Trinajstić information content (AvgIpc) is 3.27. The summed E-state index contributed by atoms with van der Waals surface area (Å²) >= 11 is 1.47. The number of H-pyrrole nitrogens is 1. The molecule has 0 aliphatic heterocycles. The molecule has 1 aliphatic rings. The summed E-state index contributed by atoms with van der Waals surface area (Å²) in [7, 11) is 0. The second-order valence-corrected chi connectivity index (χ2v) is 7.59. The van der Waals surface area contributed by atoms with Crippen LogP contribution in [0.3, 0.4) is 0 Å². The van der Waals surface area contributed by atoms with Crippen LogP contribution in [0.25, 0.3) is 22.3 Å². The normalized spacial score (nSPS) is 14.0. The molecule has 0 radical (unpaired) electrons. The molecule has 1 amide bonds. The van der Waals surface area contributed by atoms with Gasteiger partial charge in [-0.05, 0) is 25.3 Å². The Bertz CT molecular complexity index is 912. The molecule has 3 aromatic rings. The number of thioether (sulfide) groups is 1. The van der Waals surface area contributed by atoms with Crippen molar-refractivity contribution in [2.45, 2.75) is 43.8 Å². The maximum absolute atomic E-state index is 12.0. The fourth-order valence-electron chi connectivity index (χ4n) is 3.06. The Morgan fingerprint density at radius 3 is 3.00 bits per heavy atom. The lowest BCUT2D eigenvalue weighted by Crippen LogP contribution is -2.26. The van der Waals surface area contributed by atoms with E-state index in [1.54, 1.807) is 0 Å². The molecule has 0 unspecified atom stereocenters. The van der Waals surface area contributed by atoms with E-state index >= 15 is 0 Å². The molecule has 2 heterocycles. The van der Waals surface area contributed by atoms with Gasteiger partial charge in [0.25, 0.3) is 0 Å². The van der Waals surface area contributed by atoms with Gasteiger partial charge in [-0.1, -0.05) is 43.3 Å². The molecule has 26 heavy (non-hydrogen) atoms. The van der Waals surface area contributed by atoms with E-state index in [0.717, 1.165) is 59.7 Å². The number of para-hydroxylation sites is 1. The van der Waals surface area contributed by atoms with Gasteiger partial charge in [0.1, 0.15) is 0 Å². The summed E-state index contributed by atoms with van der Waals surface area (Å²) in [5, 5.41) is 13.8. The molecule has 0 atom stereocenters. The van der Waals surface area contributed by atoms with Crippen molar-refractivity contribution in [1.29, 1.82) is 0 Å². The van der Waals surface area contributed by atoms with Gasteiger partial charge < -0.3 is 10.3 Å². The van der Waals surface area contributed by atoms with E-state index in [0.29, 0.717) is 11.8 Å². The quantitative estimate of drug-likeness (QED) is 0.468. The lowest BCUT2D eigenvalue weighted by Gasteiger charge is -2.08. The van der Waals surface area contributed by atoms with Crippen molar-refractivity contribution in [2.75, 3.05) is 12.3 Å². The fraction of sp³-hybridized carbons (Fsp3) is 0.421. The number of benzene rings is 1. The zero-order valence-corrected chi connectivity index (χ0v) is 15.7. The van der Waals surface area contributed by atoms with Crippen LogP contribution in [0, 0.1) is 0 Å². The lowest BCUT2D eigenvalue weighted by atomic mass is 10.1. The predicted molar refractivity (Wildman–Crippen MR) is 104 cm³/mol. The number of aromatic nitrogens is 4. The summed E-state index contributed by atoms with van der Waals surface area (Å²) in [4.78, 5) is 15.3. The number of rotatable bonds is 8. The smallest absolute Gasteiger partial charge is 0.230 e. The van der Waals surface area contributed by atoms with Crippen LogP contribution in [0.1, 0.15) is 38.6 Å². The van der Waals surface area contributed by atoms with Gasteiger partial charge in [-0.15, -0.1) is 10.2 Å². The van der Waals surface area contributed by atoms with Crippen LogP contribution >= 0.6 is 11.8 Å². The van der Waals surface area contributed by atoms with Gasteiger partial charge in [0.05, 0.1) is 5.75 Å². The number of aromatic amines is 1. The van der Waals surface area contributed by atoms with E-state index in [2.05, 4.69) is 44.1 Å². The number of hydrogen-bond acceptors (Lipinski definition) is 4. The van der Waals surface area contributed by atoms with Gasteiger partial charge in [-0.25, -0.2) is 0 Å². The van der Waals surface area contributed by atoms with Crippen molar-refractivity contribution >= 4 is 28.6 Å². The van der Waals surface area contributed by atoms with Gasteiger partial charge in [-0.3, -0.25) is 9.36 Å². The molecule has 2 aromatic heterocycles. The Morgan fingerprint density at radius 2 is 2.19 bits per heavy atom. The first-order valence-corrected chi connectivity index (χ1v) is 10.2. The molecule has 4 rings (SSSR count). The maximum atomic E-state index is 12.0. The minimum atomic E-state index is 0.0578. The number of hydrogen-bond donors (Lipinski definition) is 2. The maximum Gasteiger partial charge on any atom is 0.230 e. The second-order valence-electron chi connectivity index (χ2n) is 6.65. The number of nitrogens with one attached hydrogen (secondary N) is 2. The van der Waals surface area contributed by atoms with Crippen molar-refractivity contribution in [1.82, 2.24) is 25.1 Å². The van der Waals surface area contributed by atoms with E-state index in [-0.39, 0.29) is 5.91 Å². The van der Waals surface area contributed by atoms with E-state index in [1.165, 1.54) is 11.8 Å². The van der Waals surface area contributed by atoms with E-state index in [9.17, 15) is 4.79 Å². The SMILES string of the molecule is CCCCNC(=O)CSc1nnc(-c2c[nH]c3ccccc23)n1C1CC1. The summed E-state index contributed by atoms with van der Waals surface area (Å²) in [6.07, 6.45) is 6.38.